The number of amides is 2. The van der Waals surface area contributed by atoms with Crippen LogP contribution in [0.4, 0.5) is 0 Å². The van der Waals surface area contributed by atoms with E-state index in [9.17, 15) is 14.4 Å². The van der Waals surface area contributed by atoms with E-state index in [1.165, 1.54) is 6.26 Å². The fraction of sp³-hybridized carbons (Fsp3) is 0.208. The first kappa shape index (κ1) is 18.4. The SMILES string of the molecule is O=C(NC1CCN(C(=O)c2ccco2)CC1)c1ccc2c(c1)C(=O)c1ccccc1-2. The van der Waals surface area contributed by atoms with Gasteiger partial charge in [0.15, 0.2) is 11.5 Å². The number of benzene rings is 2. The number of fused-ring (bicyclic) bond motifs is 3. The maximum atomic E-state index is 12.8. The van der Waals surface area contributed by atoms with Crippen LogP contribution in [0.2, 0.25) is 0 Å². The minimum atomic E-state index is -0.197. The van der Waals surface area contributed by atoms with E-state index in [0.29, 0.717) is 48.4 Å². The zero-order chi connectivity index (χ0) is 20.7. The van der Waals surface area contributed by atoms with E-state index < -0.39 is 0 Å². The number of carbonyl (C=O) groups excluding carboxylic acids is 3. The molecule has 0 saturated carbocycles. The Hall–Kier alpha value is -3.67. The van der Waals surface area contributed by atoms with Gasteiger partial charge in [-0.15, -0.1) is 0 Å². The van der Waals surface area contributed by atoms with Crippen molar-refractivity contribution in [2.75, 3.05) is 13.1 Å². The molecular formula is C24H20N2O4. The quantitative estimate of drug-likeness (QED) is 0.571. The first-order chi connectivity index (χ1) is 14.6. The van der Waals surface area contributed by atoms with E-state index in [2.05, 4.69) is 5.32 Å². The van der Waals surface area contributed by atoms with Gasteiger partial charge in [-0.1, -0.05) is 30.3 Å². The topological polar surface area (TPSA) is 79.6 Å². The molecule has 0 unspecified atom stereocenters. The Morgan fingerprint density at radius 1 is 0.900 bits per heavy atom. The maximum absolute atomic E-state index is 12.8. The Labute approximate surface area is 173 Å². The lowest BCUT2D eigenvalue weighted by Crippen LogP contribution is -2.46. The minimum Gasteiger partial charge on any atom is -0.459 e. The summed E-state index contributed by atoms with van der Waals surface area (Å²) < 4.78 is 5.18. The first-order valence-corrected chi connectivity index (χ1v) is 10.0. The number of likely N-dealkylation sites (tertiary alicyclic amines) is 1. The van der Waals surface area contributed by atoms with Crippen molar-refractivity contribution in [2.45, 2.75) is 18.9 Å². The van der Waals surface area contributed by atoms with Crippen molar-refractivity contribution < 1.29 is 18.8 Å². The summed E-state index contributed by atoms with van der Waals surface area (Å²) in [5.41, 5.74) is 3.51. The van der Waals surface area contributed by atoms with Crippen LogP contribution in [0, 0.1) is 0 Å². The smallest absolute Gasteiger partial charge is 0.289 e. The Morgan fingerprint density at radius 2 is 1.63 bits per heavy atom. The van der Waals surface area contributed by atoms with Crippen LogP contribution in [-0.4, -0.2) is 41.6 Å². The number of rotatable bonds is 3. The largest absolute Gasteiger partial charge is 0.459 e. The van der Waals surface area contributed by atoms with Gasteiger partial charge in [0.2, 0.25) is 0 Å². The second-order valence-electron chi connectivity index (χ2n) is 7.65. The van der Waals surface area contributed by atoms with Crippen molar-refractivity contribution >= 4 is 17.6 Å². The van der Waals surface area contributed by atoms with Crippen molar-refractivity contribution in [3.63, 3.8) is 0 Å². The summed E-state index contributed by atoms with van der Waals surface area (Å²) in [6, 6.07) is 16.1. The molecule has 0 radical (unpaired) electrons. The highest BCUT2D eigenvalue weighted by atomic mass is 16.3. The molecule has 0 spiro atoms. The van der Waals surface area contributed by atoms with E-state index in [-0.39, 0.29) is 23.6 Å². The molecule has 150 valence electrons. The molecule has 6 nitrogen and oxygen atoms in total. The van der Waals surface area contributed by atoms with Gasteiger partial charge in [-0.2, -0.15) is 0 Å². The van der Waals surface area contributed by atoms with Gasteiger partial charge < -0.3 is 14.6 Å². The number of piperidine rings is 1. The molecule has 0 bridgehead atoms. The number of hydrogen-bond acceptors (Lipinski definition) is 4. The van der Waals surface area contributed by atoms with Crippen molar-refractivity contribution in [3.05, 3.63) is 83.3 Å². The molecule has 1 aliphatic heterocycles. The highest BCUT2D eigenvalue weighted by molar-refractivity contribution is 6.22. The average molecular weight is 400 g/mol. The molecule has 5 rings (SSSR count). The average Bonchev–Trinajstić information content (AvgIpc) is 3.41. The predicted octanol–water partition coefficient (Wildman–Crippen LogP) is 3.53. The van der Waals surface area contributed by atoms with Crippen LogP contribution in [0.1, 0.15) is 49.7 Å². The Kier molecular flexibility index (Phi) is 4.47. The Balaban J connectivity index is 1.24. The van der Waals surface area contributed by atoms with Gasteiger partial charge in [0.25, 0.3) is 11.8 Å². The number of carbonyl (C=O) groups is 3. The molecule has 2 aliphatic rings. The summed E-state index contributed by atoms with van der Waals surface area (Å²) in [6.07, 6.45) is 2.83. The fourth-order valence-corrected chi connectivity index (χ4v) is 4.22. The van der Waals surface area contributed by atoms with Gasteiger partial charge in [0.05, 0.1) is 6.26 Å². The third-order valence-electron chi connectivity index (χ3n) is 5.84. The molecule has 1 N–H and O–H groups in total. The lowest BCUT2D eigenvalue weighted by atomic mass is 10.0. The normalized spacial score (nSPS) is 15.6. The van der Waals surface area contributed by atoms with Gasteiger partial charge in [-0.25, -0.2) is 0 Å². The molecule has 1 aromatic heterocycles. The van der Waals surface area contributed by atoms with Gasteiger partial charge >= 0.3 is 0 Å². The number of furan rings is 1. The number of nitrogens with one attached hydrogen (secondary N) is 1. The van der Waals surface area contributed by atoms with E-state index in [1.807, 2.05) is 30.3 Å². The van der Waals surface area contributed by atoms with Crippen molar-refractivity contribution in [1.82, 2.24) is 10.2 Å². The first-order valence-electron chi connectivity index (χ1n) is 10.0. The maximum Gasteiger partial charge on any atom is 0.289 e. The van der Waals surface area contributed by atoms with E-state index in [4.69, 9.17) is 4.42 Å². The summed E-state index contributed by atoms with van der Waals surface area (Å²) in [4.78, 5) is 39.5. The van der Waals surface area contributed by atoms with Crippen LogP contribution in [-0.2, 0) is 0 Å². The van der Waals surface area contributed by atoms with Crippen molar-refractivity contribution in [2.24, 2.45) is 0 Å². The summed E-state index contributed by atoms with van der Waals surface area (Å²) in [5.74, 6) is -0.0277. The minimum absolute atomic E-state index is 0.0145. The third-order valence-corrected chi connectivity index (χ3v) is 5.84. The Morgan fingerprint density at radius 3 is 2.37 bits per heavy atom. The summed E-state index contributed by atoms with van der Waals surface area (Å²) in [6.45, 7) is 1.12. The lowest BCUT2D eigenvalue weighted by molar-refractivity contribution is 0.0667. The van der Waals surface area contributed by atoms with Crippen molar-refractivity contribution in [1.29, 1.82) is 0 Å². The summed E-state index contributed by atoms with van der Waals surface area (Å²) in [7, 11) is 0. The van der Waals surface area contributed by atoms with Gasteiger partial charge in [0.1, 0.15) is 0 Å². The van der Waals surface area contributed by atoms with Crippen LogP contribution in [0.5, 0.6) is 0 Å². The van der Waals surface area contributed by atoms with Crippen molar-refractivity contribution in [3.8, 4) is 11.1 Å². The summed E-state index contributed by atoms with van der Waals surface area (Å²) in [5, 5.41) is 3.04. The molecule has 2 aromatic carbocycles. The summed E-state index contributed by atoms with van der Waals surface area (Å²) >= 11 is 0. The van der Waals surface area contributed by atoms with Crippen LogP contribution in [0.3, 0.4) is 0 Å². The molecule has 1 saturated heterocycles. The molecule has 1 fully saturated rings. The number of hydrogen-bond donors (Lipinski definition) is 1. The van der Waals surface area contributed by atoms with E-state index >= 15 is 0 Å². The zero-order valence-corrected chi connectivity index (χ0v) is 16.3. The molecule has 3 aromatic rings. The van der Waals surface area contributed by atoms with Crippen LogP contribution in [0.15, 0.2) is 65.3 Å². The standard InChI is InChI=1S/C24H20N2O4/c27-22-19-5-2-1-4-17(19)18-8-7-15(14-20(18)22)23(28)25-16-9-11-26(12-10-16)24(29)21-6-3-13-30-21/h1-8,13-14,16H,9-12H2,(H,25,28). The zero-order valence-electron chi connectivity index (χ0n) is 16.3. The highest BCUT2D eigenvalue weighted by Gasteiger charge is 2.29. The molecule has 2 amide bonds. The van der Waals surface area contributed by atoms with Crippen LogP contribution in [0.25, 0.3) is 11.1 Å². The molecule has 2 heterocycles. The Bertz CT molecular complexity index is 1140. The van der Waals surface area contributed by atoms with Gasteiger partial charge in [0, 0.05) is 35.8 Å². The molecule has 0 atom stereocenters. The molecular weight excluding hydrogens is 380 g/mol. The van der Waals surface area contributed by atoms with Gasteiger partial charge in [-0.05, 0) is 48.2 Å². The number of nitrogens with zero attached hydrogens (tertiary/aromatic N) is 1. The second kappa shape index (κ2) is 7.30. The highest BCUT2D eigenvalue weighted by Crippen LogP contribution is 2.36. The molecule has 30 heavy (non-hydrogen) atoms. The van der Waals surface area contributed by atoms with Crippen LogP contribution >= 0.6 is 0 Å². The van der Waals surface area contributed by atoms with E-state index in [0.717, 1.165) is 11.1 Å². The third kappa shape index (κ3) is 3.10. The lowest BCUT2D eigenvalue weighted by Gasteiger charge is -2.31. The fourth-order valence-electron chi connectivity index (χ4n) is 4.22. The van der Waals surface area contributed by atoms with Gasteiger partial charge in [-0.3, -0.25) is 14.4 Å². The number of ketones is 1. The van der Waals surface area contributed by atoms with E-state index in [1.54, 1.807) is 29.2 Å². The monoisotopic (exact) mass is 400 g/mol. The predicted molar refractivity (Wildman–Crippen MR) is 110 cm³/mol. The second-order valence-corrected chi connectivity index (χ2v) is 7.65. The molecule has 1 aliphatic carbocycles. The molecule has 6 heteroatoms. The van der Waals surface area contributed by atoms with Crippen LogP contribution < -0.4 is 5.32 Å².